The van der Waals surface area contributed by atoms with E-state index in [0.29, 0.717) is 6.42 Å². The number of hydrogen-bond donors (Lipinski definition) is 1. The third-order valence-electron chi connectivity index (χ3n) is 5.45. The summed E-state index contributed by atoms with van der Waals surface area (Å²) in [4.78, 5) is 25.5. The average molecular weight is 404 g/mol. The first kappa shape index (κ1) is 24.1. The molecule has 27 heavy (non-hydrogen) atoms. The number of hydrogen-bond acceptors (Lipinski definition) is 4. The Hall–Kier alpha value is -0.950. The molecular weight excluding hydrogens is 366 g/mol. The third kappa shape index (κ3) is 7.90. The maximum absolute atomic E-state index is 12.3. The first-order valence-electron chi connectivity index (χ1n) is 10.7. The van der Waals surface area contributed by atoms with Crippen LogP contribution in [0.25, 0.3) is 0 Å². The van der Waals surface area contributed by atoms with Gasteiger partial charge >= 0.3 is 0 Å². The zero-order chi connectivity index (χ0) is 20.3. The fourth-order valence-corrected chi connectivity index (χ4v) is 4.93. The van der Waals surface area contributed by atoms with Gasteiger partial charge in [0.2, 0.25) is 5.91 Å². The molecule has 1 fully saturated rings. The first-order valence-corrected chi connectivity index (χ1v) is 12.2. The summed E-state index contributed by atoms with van der Waals surface area (Å²) in [5.41, 5.74) is 0. The molecule has 2 unspecified atom stereocenters. The molecule has 7 heteroatoms. The lowest BCUT2D eigenvalue weighted by Gasteiger charge is -2.14. The molecule has 6 nitrogen and oxygen atoms in total. The Morgan fingerprint density at radius 3 is 1.59 bits per heavy atom. The van der Waals surface area contributed by atoms with Crippen LogP contribution in [-0.2, 0) is 19.7 Å². The van der Waals surface area contributed by atoms with Crippen molar-refractivity contribution in [2.24, 2.45) is 5.92 Å². The maximum Gasteiger partial charge on any atom is 0.277 e. The Kier molecular flexibility index (Phi) is 11.1. The summed E-state index contributed by atoms with van der Waals surface area (Å²) >= 11 is 0. The van der Waals surface area contributed by atoms with E-state index >= 15 is 0 Å². The summed E-state index contributed by atoms with van der Waals surface area (Å²) in [6.07, 6.45) is 14.5. The number of likely N-dealkylation sites (tertiary alicyclic amines) is 1. The van der Waals surface area contributed by atoms with Crippen molar-refractivity contribution < 1.29 is 22.6 Å². The van der Waals surface area contributed by atoms with Gasteiger partial charge in [-0.15, -0.1) is 0 Å². The highest BCUT2D eigenvalue weighted by atomic mass is 32.2. The van der Waals surface area contributed by atoms with Crippen LogP contribution >= 0.6 is 0 Å². The number of imide groups is 1. The Labute approximate surface area is 164 Å². The highest BCUT2D eigenvalue weighted by Crippen LogP contribution is 2.28. The van der Waals surface area contributed by atoms with E-state index in [2.05, 4.69) is 6.92 Å². The summed E-state index contributed by atoms with van der Waals surface area (Å²) in [5, 5.41) is -1.62. The van der Waals surface area contributed by atoms with Crippen molar-refractivity contribution in [3.05, 3.63) is 0 Å². The van der Waals surface area contributed by atoms with Crippen LogP contribution in [-0.4, -0.2) is 41.5 Å². The van der Waals surface area contributed by atoms with Gasteiger partial charge in [0.1, 0.15) is 0 Å². The van der Waals surface area contributed by atoms with Crippen molar-refractivity contribution in [3.8, 4) is 0 Å². The molecule has 2 atom stereocenters. The summed E-state index contributed by atoms with van der Waals surface area (Å²) < 4.78 is 32.1. The van der Waals surface area contributed by atoms with Gasteiger partial charge in [0.25, 0.3) is 16.0 Å². The molecule has 0 saturated carbocycles. The Morgan fingerprint density at radius 2 is 1.22 bits per heavy atom. The molecule has 1 heterocycles. The van der Waals surface area contributed by atoms with Gasteiger partial charge in [-0.05, 0) is 12.8 Å². The molecule has 0 aromatic heterocycles. The van der Waals surface area contributed by atoms with Crippen LogP contribution < -0.4 is 0 Å². The van der Waals surface area contributed by atoms with E-state index in [4.69, 9.17) is 0 Å². The van der Waals surface area contributed by atoms with Crippen LogP contribution in [0.4, 0.5) is 0 Å². The highest BCUT2D eigenvalue weighted by molar-refractivity contribution is 7.87. The number of rotatable bonds is 15. The fourth-order valence-electron chi connectivity index (χ4n) is 3.82. The van der Waals surface area contributed by atoms with Crippen LogP contribution in [0.15, 0.2) is 0 Å². The highest BCUT2D eigenvalue weighted by Gasteiger charge is 2.52. The zero-order valence-electron chi connectivity index (χ0n) is 17.0. The predicted octanol–water partition coefficient (Wildman–Crippen LogP) is 4.34. The maximum atomic E-state index is 12.3. The van der Waals surface area contributed by atoms with E-state index in [0.717, 1.165) is 24.2 Å². The second-order valence-corrected chi connectivity index (χ2v) is 9.21. The van der Waals surface area contributed by atoms with Gasteiger partial charge in [-0.2, -0.15) is 8.42 Å². The van der Waals surface area contributed by atoms with E-state index in [1.807, 2.05) is 0 Å². The molecule has 1 saturated heterocycles. The van der Waals surface area contributed by atoms with Gasteiger partial charge < -0.3 is 0 Å². The van der Waals surface area contributed by atoms with Crippen LogP contribution in [0.1, 0.15) is 97.3 Å². The largest absolute Gasteiger partial charge is 0.285 e. The lowest BCUT2D eigenvalue weighted by atomic mass is 10.0. The molecule has 1 rings (SSSR count). The SMILES string of the molecule is CCCCCCCCCCCCCCN1C(=O)C(CC)C(S(=O)(=O)O)C1=O. The van der Waals surface area contributed by atoms with Crippen molar-refractivity contribution >= 4 is 21.9 Å². The fraction of sp³-hybridized carbons (Fsp3) is 0.900. The van der Waals surface area contributed by atoms with Gasteiger partial charge in [0.05, 0.1) is 5.92 Å². The molecule has 0 aromatic rings. The monoisotopic (exact) mass is 403 g/mol. The van der Waals surface area contributed by atoms with Gasteiger partial charge in [-0.25, -0.2) is 0 Å². The minimum atomic E-state index is -4.55. The first-order chi connectivity index (χ1) is 12.8. The molecule has 1 aliphatic heterocycles. The summed E-state index contributed by atoms with van der Waals surface area (Å²) in [7, 11) is -4.55. The van der Waals surface area contributed by atoms with Crippen LogP contribution in [0.5, 0.6) is 0 Å². The number of unbranched alkanes of at least 4 members (excludes halogenated alkanes) is 11. The molecule has 0 bridgehead atoms. The number of carbonyl (C=O) groups excluding carboxylic acids is 2. The molecule has 158 valence electrons. The quantitative estimate of drug-likeness (QED) is 0.249. The third-order valence-corrected chi connectivity index (χ3v) is 6.63. The molecule has 0 aliphatic carbocycles. The van der Waals surface area contributed by atoms with Gasteiger partial charge in [-0.3, -0.25) is 19.0 Å². The molecule has 1 N–H and O–H groups in total. The molecular formula is C20H37NO5S. The van der Waals surface area contributed by atoms with Crippen LogP contribution in [0.3, 0.4) is 0 Å². The second-order valence-electron chi connectivity index (χ2n) is 7.67. The number of carbonyl (C=O) groups is 2. The minimum absolute atomic E-state index is 0.226. The molecule has 0 aromatic carbocycles. The van der Waals surface area contributed by atoms with Gasteiger partial charge in [0.15, 0.2) is 5.25 Å². The Morgan fingerprint density at radius 1 is 0.778 bits per heavy atom. The molecule has 0 spiro atoms. The Bertz CT molecular complexity index is 561. The smallest absolute Gasteiger partial charge is 0.277 e. The van der Waals surface area contributed by atoms with Gasteiger partial charge in [-0.1, -0.05) is 84.5 Å². The van der Waals surface area contributed by atoms with Crippen LogP contribution in [0, 0.1) is 5.92 Å². The molecule has 1 aliphatic rings. The summed E-state index contributed by atoms with van der Waals surface area (Å²) in [5.74, 6) is -2.18. The average Bonchev–Trinajstić information content (AvgIpc) is 2.86. The van der Waals surface area contributed by atoms with E-state index < -0.39 is 33.1 Å². The van der Waals surface area contributed by atoms with E-state index in [-0.39, 0.29) is 13.0 Å². The summed E-state index contributed by atoms with van der Waals surface area (Å²) in [6, 6.07) is 0. The standard InChI is InChI=1S/C20H37NO5S/c1-3-5-6-7-8-9-10-11-12-13-14-15-16-21-19(22)17(4-2)18(20(21)23)27(24,25)26/h17-18H,3-16H2,1-2H3,(H,24,25,26). The molecule has 0 radical (unpaired) electrons. The normalized spacial score (nSPS) is 20.6. The van der Waals surface area contributed by atoms with E-state index in [1.165, 1.54) is 51.4 Å². The topological polar surface area (TPSA) is 91.8 Å². The van der Waals surface area contributed by atoms with E-state index in [1.54, 1.807) is 6.92 Å². The number of nitrogens with zero attached hydrogens (tertiary/aromatic N) is 1. The summed E-state index contributed by atoms with van der Waals surface area (Å²) in [6.45, 7) is 4.13. The molecule has 2 amide bonds. The van der Waals surface area contributed by atoms with Crippen molar-refractivity contribution in [2.45, 2.75) is 103 Å². The van der Waals surface area contributed by atoms with Crippen molar-refractivity contribution in [1.82, 2.24) is 4.90 Å². The van der Waals surface area contributed by atoms with Crippen molar-refractivity contribution in [1.29, 1.82) is 0 Å². The Balaban J connectivity index is 2.18. The second kappa shape index (κ2) is 12.5. The van der Waals surface area contributed by atoms with Gasteiger partial charge in [0, 0.05) is 6.54 Å². The van der Waals surface area contributed by atoms with E-state index in [9.17, 15) is 22.6 Å². The van der Waals surface area contributed by atoms with Crippen LogP contribution in [0.2, 0.25) is 0 Å². The number of amides is 2. The van der Waals surface area contributed by atoms with Crippen molar-refractivity contribution in [3.63, 3.8) is 0 Å². The minimum Gasteiger partial charge on any atom is -0.285 e. The zero-order valence-corrected chi connectivity index (χ0v) is 17.8. The lowest BCUT2D eigenvalue weighted by Crippen LogP contribution is -2.36. The van der Waals surface area contributed by atoms with Crippen molar-refractivity contribution in [2.75, 3.05) is 6.54 Å². The lowest BCUT2D eigenvalue weighted by molar-refractivity contribution is -0.139. The predicted molar refractivity (Wildman–Crippen MR) is 107 cm³/mol.